The molecule has 5 heteroatoms. The van der Waals surface area contributed by atoms with E-state index < -0.39 is 0 Å². The molecule has 0 fully saturated rings. The van der Waals surface area contributed by atoms with E-state index in [1.54, 1.807) is 11.3 Å². The molecule has 4 N–H and O–H groups in total. The van der Waals surface area contributed by atoms with Crippen LogP contribution in [0.4, 0.5) is 0 Å². The summed E-state index contributed by atoms with van der Waals surface area (Å²) in [6.07, 6.45) is 0. The van der Waals surface area contributed by atoms with E-state index in [1.165, 1.54) is 9.75 Å². The van der Waals surface area contributed by atoms with Crippen molar-refractivity contribution < 1.29 is 5.11 Å². The highest BCUT2D eigenvalue weighted by atomic mass is 79.9. The Kier molecular flexibility index (Phi) is 6.09. The molecule has 98 valence electrons. The zero-order valence-electron chi connectivity index (χ0n) is 10.5. The van der Waals surface area contributed by atoms with E-state index >= 15 is 0 Å². The molecule has 17 heavy (non-hydrogen) atoms. The highest BCUT2D eigenvalue weighted by Gasteiger charge is 2.19. The van der Waals surface area contributed by atoms with E-state index in [-0.39, 0.29) is 24.6 Å². The van der Waals surface area contributed by atoms with E-state index in [0.717, 1.165) is 4.47 Å². The molecule has 1 rings (SSSR count). The van der Waals surface area contributed by atoms with Gasteiger partial charge in [0.15, 0.2) is 0 Å². The van der Waals surface area contributed by atoms with Crippen molar-refractivity contribution in [1.82, 2.24) is 5.32 Å². The van der Waals surface area contributed by atoms with Crippen LogP contribution in [0.5, 0.6) is 0 Å². The van der Waals surface area contributed by atoms with E-state index in [1.807, 2.05) is 6.92 Å². The fourth-order valence-corrected chi connectivity index (χ4v) is 3.19. The zero-order valence-corrected chi connectivity index (χ0v) is 12.9. The predicted molar refractivity (Wildman–Crippen MR) is 77.4 cm³/mol. The molecule has 0 saturated heterocycles. The van der Waals surface area contributed by atoms with Crippen molar-refractivity contribution in [2.24, 2.45) is 11.7 Å². The summed E-state index contributed by atoms with van der Waals surface area (Å²) in [5.41, 5.74) is 5.82. The van der Waals surface area contributed by atoms with Crippen LogP contribution in [0.15, 0.2) is 10.5 Å². The minimum absolute atomic E-state index is 0.161. The lowest BCUT2D eigenvalue weighted by molar-refractivity contribution is 0.201. The number of nitrogens with one attached hydrogen (secondary N) is 1. The molecule has 3 unspecified atom stereocenters. The highest BCUT2D eigenvalue weighted by molar-refractivity contribution is 9.10. The number of hydrogen-bond acceptors (Lipinski definition) is 4. The molecule has 0 amide bonds. The fraction of sp³-hybridized carbons (Fsp3) is 0.667. The first kappa shape index (κ1) is 15.1. The van der Waals surface area contributed by atoms with Crippen molar-refractivity contribution in [3.05, 3.63) is 20.3 Å². The predicted octanol–water partition coefficient (Wildman–Crippen LogP) is 2.43. The van der Waals surface area contributed by atoms with Crippen LogP contribution < -0.4 is 11.1 Å². The van der Waals surface area contributed by atoms with Gasteiger partial charge in [0.2, 0.25) is 0 Å². The second kappa shape index (κ2) is 6.85. The average Bonchev–Trinajstić information content (AvgIpc) is 2.64. The Balaban J connectivity index is 2.72. The van der Waals surface area contributed by atoms with Gasteiger partial charge in [0, 0.05) is 33.4 Å². The van der Waals surface area contributed by atoms with Gasteiger partial charge < -0.3 is 16.2 Å². The molecule has 1 aromatic heterocycles. The van der Waals surface area contributed by atoms with E-state index in [0.29, 0.717) is 6.54 Å². The van der Waals surface area contributed by atoms with Gasteiger partial charge in [0.25, 0.3) is 0 Å². The molecule has 0 aliphatic carbocycles. The number of hydrogen-bond donors (Lipinski definition) is 3. The van der Waals surface area contributed by atoms with Crippen molar-refractivity contribution >= 4 is 27.3 Å². The SMILES string of the molecule is Cc1sc(C(CN)NC(C)C(C)CO)cc1Br. The third-order valence-corrected chi connectivity index (χ3v) is 5.31. The zero-order chi connectivity index (χ0) is 13.0. The molecule has 0 saturated carbocycles. The van der Waals surface area contributed by atoms with Gasteiger partial charge in [-0.3, -0.25) is 0 Å². The Morgan fingerprint density at radius 3 is 2.59 bits per heavy atom. The molecule has 0 spiro atoms. The number of thiophene rings is 1. The molecule has 0 aliphatic rings. The van der Waals surface area contributed by atoms with Crippen molar-refractivity contribution in [3.63, 3.8) is 0 Å². The van der Waals surface area contributed by atoms with Gasteiger partial charge in [-0.2, -0.15) is 0 Å². The summed E-state index contributed by atoms with van der Waals surface area (Å²) in [6.45, 7) is 6.96. The van der Waals surface area contributed by atoms with Crippen LogP contribution in [0.2, 0.25) is 0 Å². The van der Waals surface area contributed by atoms with E-state index in [4.69, 9.17) is 10.8 Å². The molecule has 0 bridgehead atoms. The molecule has 3 atom stereocenters. The summed E-state index contributed by atoms with van der Waals surface area (Å²) in [4.78, 5) is 2.51. The summed E-state index contributed by atoms with van der Waals surface area (Å²) in [5.74, 6) is 0.230. The van der Waals surface area contributed by atoms with Crippen LogP contribution in [0.1, 0.15) is 29.6 Å². The maximum absolute atomic E-state index is 9.13. The lowest BCUT2D eigenvalue weighted by Crippen LogP contribution is -2.39. The van der Waals surface area contributed by atoms with Gasteiger partial charge in [-0.1, -0.05) is 6.92 Å². The first-order chi connectivity index (χ1) is 7.99. The maximum Gasteiger partial charge on any atom is 0.0541 e. The third kappa shape index (κ3) is 4.03. The van der Waals surface area contributed by atoms with Crippen LogP contribution >= 0.6 is 27.3 Å². The van der Waals surface area contributed by atoms with E-state index in [9.17, 15) is 0 Å². The van der Waals surface area contributed by atoms with Crippen LogP contribution in [0.25, 0.3) is 0 Å². The van der Waals surface area contributed by atoms with Gasteiger partial charge in [-0.15, -0.1) is 11.3 Å². The standard InChI is InChI=1S/C12H21BrN2OS/c1-7(6-16)8(2)15-11(5-14)12-4-10(13)9(3)17-12/h4,7-8,11,15-16H,5-6,14H2,1-3H3. The monoisotopic (exact) mass is 320 g/mol. The smallest absolute Gasteiger partial charge is 0.0541 e. The van der Waals surface area contributed by atoms with Gasteiger partial charge in [0.1, 0.15) is 0 Å². The molecular weight excluding hydrogens is 300 g/mol. The quantitative estimate of drug-likeness (QED) is 0.754. The second-order valence-corrected chi connectivity index (χ2v) is 6.60. The molecule has 0 aromatic carbocycles. The fourth-order valence-electron chi connectivity index (χ4n) is 1.56. The summed E-state index contributed by atoms with van der Waals surface area (Å²) in [6, 6.07) is 2.53. The lowest BCUT2D eigenvalue weighted by Gasteiger charge is -2.25. The van der Waals surface area contributed by atoms with Crippen molar-refractivity contribution in [2.45, 2.75) is 32.9 Å². The van der Waals surface area contributed by atoms with Gasteiger partial charge in [-0.05, 0) is 41.8 Å². The molecule has 1 aromatic rings. The van der Waals surface area contributed by atoms with Crippen molar-refractivity contribution in [2.75, 3.05) is 13.2 Å². The van der Waals surface area contributed by atoms with Crippen LogP contribution in [-0.2, 0) is 0 Å². The summed E-state index contributed by atoms with van der Waals surface area (Å²) < 4.78 is 1.14. The topological polar surface area (TPSA) is 58.3 Å². The third-order valence-electron chi connectivity index (χ3n) is 3.06. The van der Waals surface area contributed by atoms with Gasteiger partial charge >= 0.3 is 0 Å². The Labute approximate surface area is 116 Å². The minimum Gasteiger partial charge on any atom is -0.396 e. The number of aliphatic hydroxyl groups is 1. The van der Waals surface area contributed by atoms with Gasteiger partial charge in [0.05, 0.1) is 6.04 Å². The Hall–Kier alpha value is 0.0600. The summed E-state index contributed by atoms with van der Waals surface area (Å²) >= 11 is 5.28. The number of nitrogens with two attached hydrogens (primary N) is 1. The Morgan fingerprint density at radius 1 is 1.53 bits per heavy atom. The van der Waals surface area contributed by atoms with Crippen LogP contribution in [0.3, 0.4) is 0 Å². The number of rotatable bonds is 6. The normalized spacial score (nSPS) is 16.8. The lowest BCUT2D eigenvalue weighted by atomic mass is 10.0. The molecular formula is C12H21BrN2OS. The van der Waals surface area contributed by atoms with Crippen molar-refractivity contribution in [3.8, 4) is 0 Å². The molecule has 3 nitrogen and oxygen atoms in total. The van der Waals surface area contributed by atoms with Crippen LogP contribution in [-0.4, -0.2) is 24.3 Å². The number of halogens is 1. The minimum atomic E-state index is 0.161. The first-order valence-corrected chi connectivity index (χ1v) is 7.43. The van der Waals surface area contributed by atoms with E-state index in [2.05, 4.69) is 41.2 Å². The van der Waals surface area contributed by atoms with Crippen molar-refractivity contribution in [1.29, 1.82) is 0 Å². The Morgan fingerprint density at radius 2 is 2.18 bits per heavy atom. The Bertz CT molecular complexity index is 337. The maximum atomic E-state index is 9.13. The number of aryl methyl sites for hydroxylation is 1. The molecule has 0 aliphatic heterocycles. The van der Waals surface area contributed by atoms with Gasteiger partial charge in [-0.25, -0.2) is 0 Å². The van der Waals surface area contributed by atoms with Crippen LogP contribution in [0, 0.1) is 12.8 Å². The molecule has 1 heterocycles. The number of aliphatic hydroxyl groups excluding tert-OH is 1. The molecule has 0 radical (unpaired) electrons. The second-order valence-electron chi connectivity index (χ2n) is 4.46. The summed E-state index contributed by atoms with van der Waals surface area (Å²) in [5, 5.41) is 12.6. The largest absolute Gasteiger partial charge is 0.396 e. The highest BCUT2D eigenvalue weighted by Crippen LogP contribution is 2.30. The summed E-state index contributed by atoms with van der Waals surface area (Å²) in [7, 11) is 0. The average molecular weight is 321 g/mol. The first-order valence-electron chi connectivity index (χ1n) is 5.82.